The fourth-order valence-electron chi connectivity index (χ4n) is 7.13. The minimum atomic E-state index is -4.44. The number of benzene rings is 5. The maximum Gasteiger partial charge on any atom is 0.416 e. The lowest BCUT2D eigenvalue weighted by Crippen LogP contribution is -2.28. The van der Waals surface area contributed by atoms with Crippen molar-refractivity contribution in [1.82, 2.24) is 0 Å². The molecule has 230 valence electrons. The van der Waals surface area contributed by atoms with Crippen LogP contribution in [0.2, 0.25) is 0 Å². The van der Waals surface area contributed by atoms with Crippen molar-refractivity contribution in [3.05, 3.63) is 161 Å². The Morgan fingerprint density at radius 1 is 0.848 bits per heavy atom. The van der Waals surface area contributed by atoms with Crippen molar-refractivity contribution in [1.29, 1.82) is 0 Å². The maximum absolute atomic E-state index is 14.0. The van der Waals surface area contributed by atoms with Gasteiger partial charge in [-0.05, 0) is 67.1 Å². The Morgan fingerprint density at radius 2 is 1.59 bits per heavy atom. The molecule has 0 N–H and O–H groups in total. The number of hydrogen-bond acceptors (Lipinski definition) is 1. The van der Waals surface area contributed by atoms with Gasteiger partial charge in [-0.15, -0.1) is 0 Å². The van der Waals surface area contributed by atoms with Crippen molar-refractivity contribution in [2.24, 2.45) is 0 Å². The molecule has 2 aliphatic heterocycles. The van der Waals surface area contributed by atoms with Crippen LogP contribution in [-0.2, 0) is 24.4 Å². The first-order valence-corrected chi connectivity index (χ1v) is 15.8. The zero-order valence-electron chi connectivity index (χ0n) is 26.3. The van der Waals surface area contributed by atoms with Gasteiger partial charge in [-0.3, -0.25) is 0 Å². The summed E-state index contributed by atoms with van der Waals surface area (Å²) in [4.78, 5) is 2.02. The quantitative estimate of drug-likeness (QED) is 0.173. The van der Waals surface area contributed by atoms with E-state index in [1.807, 2.05) is 35.2 Å². The van der Waals surface area contributed by atoms with Gasteiger partial charge in [-0.1, -0.05) is 91.0 Å². The van der Waals surface area contributed by atoms with Gasteiger partial charge in [0.1, 0.15) is 0 Å². The van der Waals surface area contributed by atoms with E-state index in [4.69, 9.17) is 0 Å². The van der Waals surface area contributed by atoms with E-state index in [1.165, 1.54) is 34.7 Å². The molecule has 0 saturated heterocycles. The third-order valence-electron chi connectivity index (χ3n) is 9.32. The van der Waals surface area contributed by atoms with Crippen LogP contribution in [0, 0.1) is 6.92 Å². The largest absolute Gasteiger partial charge is 0.416 e. The molecule has 5 aromatic rings. The third kappa shape index (κ3) is 5.34. The van der Waals surface area contributed by atoms with E-state index in [2.05, 4.69) is 103 Å². The second kappa shape index (κ2) is 11.5. The average molecular weight is 614 g/mol. The fourth-order valence-corrected chi connectivity index (χ4v) is 7.13. The highest BCUT2D eigenvalue weighted by Gasteiger charge is 2.44. The molecule has 0 amide bonds. The SMILES string of the molecule is Cc1cc(N2C(=CC=CC3=[N+](CCc4ccccc4)c4ccccc4C3(C)C)Cc3ccc4ccccc4c32)cc(C(F)(F)F)c1. The molecule has 0 spiro atoms. The van der Waals surface area contributed by atoms with Gasteiger partial charge in [-0.25, -0.2) is 0 Å². The number of halogens is 3. The molecular formula is C41H36F3N2+. The first kappa shape index (κ1) is 29.8. The maximum atomic E-state index is 14.0. The van der Waals surface area contributed by atoms with Gasteiger partial charge in [0, 0.05) is 47.3 Å². The van der Waals surface area contributed by atoms with Crippen LogP contribution in [0.4, 0.5) is 30.2 Å². The number of alkyl halides is 3. The lowest BCUT2D eigenvalue weighted by molar-refractivity contribution is -0.436. The smallest absolute Gasteiger partial charge is 0.313 e. The summed E-state index contributed by atoms with van der Waals surface area (Å²) in [5, 5.41) is 2.08. The summed E-state index contributed by atoms with van der Waals surface area (Å²) in [6.45, 7) is 7.09. The zero-order chi connectivity index (χ0) is 32.1. The first-order chi connectivity index (χ1) is 22.1. The lowest BCUT2D eigenvalue weighted by atomic mass is 9.81. The summed E-state index contributed by atoms with van der Waals surface area (Å²) < 4.78 is 44.4. The van der Waals surface area contributed by atoms with Crippen molar-refractivity contribution < 1.29 is 17.7 Å². The van der Waals surface area contributed by atoms with Gasteiger partial charge < -0.3 is 4.90 Å². The van der Waals surface area contributed by atoms with E-state index in [1.54, 1.807) is 6.92 Å². The monoisotopic (exact) mass is 613 g/mol. The summed E-state index contributed by atoms with van der Waals surface area (Å²) >= 11 is 0. The number of anilines is 2. The molecule has 0 saturated carbocycles. The Labute approximate surface area is 268 Å². The molecule has 0 aromatic heterocycles. The Bertz CT molecular complexity index is 2050. The van der Waals surface area contributed by atoms with Crippen molar-refractivity contribution in [2.75, 3.05) is 11.4 Å². The van der Waals surface area contributed by atoms with Crippen LogP contribution in [0.1, 0.15) is 41.7 Å². The Morgan fingerprint density at radius 3 is 2.39 bits per heavy atom. The van der Waals surface area contributed by atoms with E-state index in [0.717, 1.165) is 40.7 Å². The normalized spacial score (nSPS) is 16.6. The van der Waals surface area contributed by atoms with Gasteiger partial charge in [0.05, 0.1) is 16.7 Å². The Balaban J connectivity index is 1.33. The molecule has 0 radical (unpaired) electrons. The van der Waals surface area contributed by atoms with E-state index in [-0.39, 0.29) is 5.41 Å². The predicted octanol–water partition coefficient (Wildman–Crippen LogP) is 10.6. The van der Waals surface area contributed by atoms with Crippen LogP contribution in [0.25, 0.3) is 10.8 Å². The van der Waals surface area contributed by atoms with Crippen LogP contribution < -0.4 is 4.90 Å². The minimum Gasteiger partial charge on any atom is -0.313 e. The highest BCUT2D eigenvalue weighted by atomic mass is 19.4. The van der Waals surface area contributed by atoms with E-state index in [9.17, 15) is 13.2 Å². The molecule has 0 aliphatic carbocycles. The van der Waals surface area contributed by atoms with E-state index < -0.39 is 11.7 Å². The van der Waals surface area contributed by atoms with Crippen LogP contribution >= 0.6 is 0 Å². The van der Waals surface area contributed by atoms with Crippen molar-refractivity contribution >= 4 is 33.5 Å². The standard InChI is InChI=1S/C41H36F3N2/c1-28-24-32(41(42,43)44)27-34(25-28)46-33(26-31-21-20-30-14-7-8-16-35(30)39(31)46)15-11-19-38-40(2,3)36-17-9-10-18-37(36)45(38)23-22-29-12-5-4-6-13-29/h4-21,24-25,27H,22-23,26H2,1-3H3/q+1. The summed E-state index contributed by atoms with van der Waals surface area (Å²) in [6.07, 6.45) is 3.44. The Hall–Kier alpha value is -4.90. The van der Waals surface area contributed by atoms with Crippen LogP contribution in [0.3, 0.4) is 0 Å². The van der Waals surface area contributed by atoms with Crippen LogP contribution in [-0.4, -0.2) is 16.8 Å². The summed E-state index contributed by atoms with van der Waals surface area (Å²) in [6, 6.07) is 35.7. The number of hydrogen-bond donors (Lipinski definition) is 0. The van der Waals surface area contributed by atoms with Crippen LogP contribution in [0.5, 0.6) is 0 Å². The molecule has 0 atom stereocenters. The molecule has 5 aromatic carbocycles. The number of rotatable bonds is 6. The topological polar surface area (TPSA) is 6.25 Å². The Kier molecular flexibility index (Phi) is 7.43. The number of allylic oxidation sites excluding steroid dienone is 4. The molecule has 2 heterocycles. The fraction of sp³-hybridized carbons (Fsp3) is 0.195. The van der Waals surface area contributed by atoms with Crippen molar-refractivity contribution in [3.8, 4) is 0 Å². The average Bonchev–Trinajstić information content (AvgIpc) is 3.52. The number of nitrogens with zero attached hydrogens (tertiary/aromatic N) is 2. The molecule has 5 heteroatoms. The van der Waals surface area contributed by atoms with Gasteiger partial charge in [-0.2, -0.15) is 17.7 Å². The highest BCUT2D eigenvalue weighted by Crippen LogP contribution is 2.46. The number of aryl methyl sites for hydroxylation is 1. The lowest BCUT2D eigenvalue weighted by Gasteiger charge is -2.25. The predicted molar refractivity (Wildman–Crippen MR) is 183 cm³/mol. The molecule has 0 bridgehead atoms. The van der Waals surface area contributed by atoms with Gasteiger partial charge in [0.15, 0.2) is 12.3 Å². The van der Waals surface area contributed by atoms with Crippen molar-refractivity contribution in [2.45, 2.75) is 45.2 Å². The van der Waals surface area contributed by atoms with Gasteiger partial charge in [0.25, 0.3) is 0 Å². The van der Waals surface area contributed by atoms with Gasteiger partial charge >= 0.3 is 6.18 Å². The first-order valence-electron chi connectivity index (χ1n) is 15.8. The second-order valence-electron chi connectivity index (χ2n) is 12.8. The molecule has 0 unspecified atom stereocenters. The number of fused-ring (bicyclic) bond motifs is 4. The number of para-hydroxylation sites is 1. The van der Waals surface area contributed by atoms with Crippen LogP contribution in [0.15, 0.2) is 133 Å². The second-order valence-corrected chi connectivity index (χ2v) is 12.8. The van der Waals surface area contributed by atoms with E-state index in [0.29, 0.717) is 17.7 Å². The highest BCUT2D eigenvalue weighted by molar-refractivity contribution is 6.03. The molecular weight excluding hydrogens is 577 g/mol. The minimum absolute atomic E-state index is 0.213. The van der Waals surface area contributed by atoms with E-state index >= 15 is 0 Å². The zero-order valence-corrected chi connectivity index (χ0v) is 26.3. The molecule has 2 nitrogen and oxygen atoms in total. The van der Waals surface area contributed by atoms with Gasteiger partial charge in [0.2, 0.25) is 5.69 Å². The third-order valence-corrected chi connectivity index (χ3v) is 9.32. The molecule has 46 heavy (non-hydrogen) atoms. The van der Waals surface area contributed by atoms with Crippen molar-refractivity contribution in [3.63, 3.8) is 0 Å². The summed E-state index contributed by atoms with van der Waals surface area (Å²) in [5.74, 6) is 0. The molecule has 2 aliphatic rings. The molecule has 0 fully saturated rings. The molecule has 7 rings (SSSR count). The summed E-state index contributed by atoms with van der Waals surface area (Å²) in [5.41, 5.74) is 8.22. The summed E-state index contributed by atoms with van der Waals surface area (Å²) in [7, 11) is 0.